The van der Waals surface area contributed by atoms with E-state index in [1.165, 1.54) is 59.9 Å². The normalized spacial score (nSPS) is 11.4. The number of nitrogens with zero attached hydrogens (tertiary/aromatic N) is 6. The topological polar surface area (TPSA) is 249 Å². The standard InChI is InChI=1S/C20H17FN4O4.2C18H15P.C13H10BrFN2O2.C7H8N2O2.CH4.2ClH.Pd/c1-11-24-25-19(29-11)20(2,27)8-7-12-5-4-6-13(9-12)16-14(21)10-15(22)17(23-16)18(26)28-3;2*1-4-10-16(11-5-1)19(17-12-6-2-7-13-17)18-14-8-3-9-15-18;1-19-13(18)12-10(16)6-9(15)11(17-12)7-3-2-4-8(14)5-7;1-4-7(3,10)6-9-8-5(2)11-6;;;;/h4-6,9-10,27H,22H2,1-3H3;2*1-15H;2-6H,16H2,1H3;1,10H,2-3H3;1H4;2*1H;/q;;;;;;;;+2/p-2/t20-;;;;7-;;;;/m1...1..../s1. The average molecular weight is 1590 g/mol. The van der Waals surface area contributed by atoms with Gasteiger partial charge in [-0.1, -0.05) is 247 Å². The summed E-state index contributed by atoms with van der Waals surface area (Å²) in [4.78, 5) is 31.3. The molecule has 16 nitrogen and oxygen atoms in total. The van der Waals surface area contributed by atoms with Gasteiger partial charge in [0, 0.05) is 47.1 Å². The van der Waals surface area contributed by atoms with Gasteiger partial charge in [0.15, 0.2) is 23.0 Å². The Kier molecular flexibility index (Phi) is 31.8. The van der Waals surface area contributed by atoms with Gasteiger partial charge in [0.25, 0.3) is 11.8 Å². The Hall–Kier alpha value is -9.64. The molecule has 0 unspecified atom stereocenters. The molecule has 0 bridgehead atoms. The monoisotopic (exact) mass is 1590 g/mol. The van der Waals surface area contributed by atoms with E-state index in [-0.39, 0.29) is 69.3 Å². The Morgan fingerprint density at radius 2 is 0.842 bits per heavy atom. The number of aromatic nitrogens is 6. The summed E-state index contributed by atoms with van der Waals surface area (Å²) in [5.41, 5.74) is 8.98. The fourth-order valence-electron chi connectivity index (χ4n) is 8.96. The molecule has 4 aromatic heterocycles. The molecule has 0 aliphatic carbocycles. The van der Waals surface area contributed by atoms with E-state index in [1.807, 2.05) is 0 Å². The molecular formula is C77H69BrCl2F2N8O8P2Pd. The quantitative estimate of drug-likeness (QED) is 0.0384. The molecule has 0 amide bonds. The molecule has 101 heavy (non-hydrogen) atoms. The second-order valence-corrected chi connectivity index (χ2v) is 28.8. The third kappa shape index (κ3) is 23.5. The first-order valence-corrected chi connectivity index (χ1v) is 37.3. The molecule has 8 aromatic carbocycles. The maximum Gasteiger partial charge on any atom is -0.0134 e. The molecule has 0 saturated carbocycles. The third-order valence-electron chi connectivity index (χ3n) is 13.7. The van der Waals surface area contributed by atoms with Crippen LogP contribution in [0.4, 0.5) is 20.2 Å². The van der Waals surface area contributed by atoms with E-state index in [4.69, 9.17) is 45.8 Å². The van der Waals surface area contributed by atoms with E-state index in [2.05, 4.69) is 256 Å². The molecule has 0 aliphatic heterocycles. The predicted molar refractivity (Wildman–Crippen MR) is 400 cm³/mol. The Balaban J connectivity index is 0.000000201. The first-order valence-electron chi connectivity index (χ1n) is 29.9. The number of pyridine rings is 2. The molecule has 0 saturated heterocycles. The first kappa shape index (κ1) is 80.3. The van der Waals surface area contributed by atoms with Crippen molar-refractivity contribution in [2.45, 2.75) is 46.3 Å². The van der Waals surface area contributed by atoms with Gasteiger partial charge in [-0.2, -0.15) is 0 Å². The van der Waals surface area contributed by atoms with E-state index in [9.17, 15) is 28.6 Å². The van der Waals surface area contributed by atoms with Crippen molar-refractivity contribution in [1.29, 1.82) is 0 Å². The minimum Gasteiger partial charge on any atom is -0.0622 e. The van der Waals surface area contributed by atoms with Crippen LogP contribution in [0.1, 0.15) is 71.4 Å². The largest absolute Gasteiger partial charge is 0.0622 e. The minimum absolute atomic E-state index is 0. The number of terminal acetylenes is 1. The maximum absolute atomic E-state index is 14.4. The molecule has 0 fully saturated rings. The van der Waals surface area contributed by atoms with Gasteiger partial charge in [0.05, 0.1) is 25.6 Å². The van der Waals surface area contributed by atoms with Gasteiger partial charge in [-0.05, 0) is 85.8 Å². The van der Waals surface area contributed by atoms with Crippen LogP contribution >= 0.6 is 50.8 Å². The Bertz CT molecular complexity index is 4410. The summed E-state index contributed by atoms with van der Waals surface area (Å²) in [7, 11) is 11.1. The average Bonchev–Trinajstić information content (AvgIpc) is 1.66. The van der Waals surface area contributed by atoms with Crippen molar-refractivity contribution < 1.29 is 62.8 Å². The fraction of sp³-hybridized carbons (Fsp3) is 0.117. The number of hydrogen-bond acceptors (Lipinski definition) is 16. The van der Waals surface area contributed by atoms with Crippen LogP contribution in [-0.2, 0) is 36.6 Å². The Labute approximate surface area is 612 Å². The molecule has 4 heterocycles. The number of halogens is 5. The number of carbonyl (C=O) groups excluding carboxylic acids is 2. The SMILES string of the molecule is C.C#C[C@@](C)(O)c1nnc(C)o1.COC(=O)c1nc(-c2cccc(Br)c2)c(F)cc1N.COC(=O)c1nc(-c2cccc(C#C[C@@](C)(O)c3nnc(C)o3)c2)c(F)cc1N.[Cl][Pd][Cl].c1ccc(P(c2ccccc2)c2ccccc2)cc1.c1ccc(P(c2ccccc2)c2ccccc2)cc1. The van der Waals surface area contributed by atoms with Crippen LogP contribution < -0.4 is 43.3 Å². The van der Waals surface area contributed by atoms with Gasteiger partial charge in [0.1, 0.15) is 11.4 Å². The zero-order valence-electron chi connectivity index (χ0n) is 54.5. The number of ether oxygens (including phenoxy) is 2. The van der Waals surface area contributed by atoms with Crippen molar-refractivity contribution in [1.82, 2.24) is 30.4 Å². The van der Waals surface area contributed by atoms with Crippen LogP contribution in [0.15, 0.2) is 256 Å². The number of rotatable bonds is 12. The molecule has 12 rings (SSSR count). The number of aliphatic hydroxyl groups is 2. The number of carbonyl (C=O) groups is 2. The first-order chi connectivity index (χ1) is 48.1. The Morgan fingerprint density at radius 1 is 0.525 bits per heavy atom. The zero-order chi connectivity index (χ0) is 72.2. The van der Waals surface area contributed by atoms with Gasteiger partial charge in [-0.25, -0.2) is 28.3 Å². The molecule has 2 atom stereocenters. The summed E-state index contributed by atoms with van der Waals surface area (Å²) < 4.78 is 48.4. The van der Waals surface area contributed by atoms with E-state index in [1.54, 1.807) is 62.4 Å². The summed E-state index contributed by atoms with van der Waals surface area (Å²) in [5.74, 6) is 5.50. The number of esters is 2. The predicted octanol–water partition coefficient (Wildman–Crippen LogP) is 14.3. The van der Waals surface area contributed by atoms with Crippen LogP contribution in [0.5, 0.6) is 0 Å². The van der Waals surface area contributed by atoms with E-state index in [0.29, 0.717) is 28.5 Å². The van der Waals surface area contributed by atoms with Crippen molar-refractivity contribution in [2.75, 3.05) is 25.7 Å². The second-order valence-electron chi connectivity index (χ2n) is 21.1. The van der Waals surface area contributed by atoms with E-state index >= 15 is 0 Å². The summed E-state index contributed by atoms with van der Waals surface area (Å²) in [6.45, 7) is 6.06. The molecular weight excluding hydrogens is 1520 g/mol. The molecule has 12 aromatic rings. The number of nitrogens with two attached hydrogens (primary N) is 2. The van der Waals surface area contributed by atoms with Crippen LogP contribution in [0.25, 0.3) is 22.5 Å². The number of anilines is 2. The van der Waals surface area contributed by atoms with Crippen LogP contribution in [-0.4, -0.2) is 66.7 Å². The summed E-state index contributed by atoms with van der Waals surface area (Å²) in [6, 6.07) is 80.1. The van der Waals surface area contributed by atoms with Gasteiger partial charge in [-0.3, -0.25) is 0 Å². The second kappa shape index (κ2) is 40.0. The number of benzene rings is 8. The van der Waals surface area contributed by atoms with E-state index in [0.717, 1.165) is 16.6 Å². The van der Waals surface area contributed by atoms with Gasteiger partial charge in [-0.15, -0.1) is 26.8 Å². The molecule has 24 heteroatoms. The van der Waals surface area contributed by atoms with Crippen LogP contribution in [0.3, 0.4) is 0 Å². The minimum atomic E-state index is -1.67. The summed E-state index contributed by atoms with van der Waals surface area (Å²) >= 11 is 3.19. The van der Waals surface area contributed by atoms with Crippen molar-refractivity contribution in [3.8, 4) is 46.7 Å². The number of aryl methyl sites for hydroxylation is 2. The van der Waals surface area contributed by atoms with Crippen molar-refractivity contribution in [3.63, 3.8) is 0 Å². The molecule has 0 aliphatic rings. The zero-order valence-corrected chi connectivity index (χ0v) is 60.9. The maximum atomic E-state index is 14.4. The fourth-order valence-corrected chi connectivity index (χ4v) is 14.0. The molecule has 6 N–H and O–H groups in total. The molecule has 0 spiro atoms. The summed E-state index contributed by atoms with van der Waals surface area (Å²) in [5, 5.41) is 42.7. The van der Waals surface area contributed by atoms with Crippen molar-refractivity contribution in [2.24, 2.45) is 0 Å². The third-order valence-corrected chi connectivity index (χ3v) is 19.1. The Morgan fingerprint density at radius 3 is 1.14 bits per heavy atom. The number of hydrogen-bond donors (Lipinski definition) is 4. The number of nitrogen functional groups attached to an aromatic ring is 2. The number of methoxy groups -OCH3 is 2. The molecule has 0 radical (unpaired) electrons. The van der Waals surface area contributed by atoms with Gasteiger partial charge < -0.3 is 40.0 Å². The van der Waals surface area contributed by atoms with Gasteiger partial charge in [0.2, 0.25) is 23.0 Å². The summed E-state index contributed by atoms with van der Waals surface area (Å²) in [6.07, 6.45) is 5.02. The van der Waals surface area contributed by atoms with Crippen LogP contribution in [0, 0.1) is 49.7 Å². The van der Waals surface area contributed by atoms with E-state index < -0.39 is 50.6 Å². The van der Waals surface area contributed by atoms with Crippen LogP contribution in [0.2, 0.25) is 0 Å². The van der Waals surface area contributed by atoms with Crippen molar-refractivity contribution >= 4 is 106 Å². The van der Waals surface area contributed by atoms with Crippen molar-refractivity contribution in [3.05, 3.63) is 299 Å². The molecule has 520 valence electrons. The van der Waals surface area contributed by atoms with Gasteiger partial charge >= 0.3 is 46.9 Å². The smallest absolute Gasteiger partial charge is 0.0134 e.